The minimum atomic E-state index is -0.890. The first kappa shape index (κ1) is 13.5. The molecule has 2 N–H and O–H groups in total. The quantitative estimate of drug-likeness (QED) is 0.890. The van der Waals surface area contributed by atoms with Crippen molar-refractivity contribution in [3.05, 3.63) is 20.8 Å². The maximum atomic E-state index is 11.9. The Labute approximate surface area is 118 Å². The lowest BCUT2D eigenvalue weighted by Gasteiger charge is -2.04. The highest BCUT2D eigenvalue weighted by atomic mass is 79.9. The lowest BCUT2D eigenvalue weighted by Crippen LogP contribution is -2.26. The van der Waals surface area contributed by atoms with Crippen molar-refractivity contribution in [1.82, 2.24) is 5.32 Å². The van der Waals surface area contributed by atoms with Gasteiger partial charge in [-0.15, -0.1) is 11.3 Å². The fourth-order valence-electron chi connectivity index (χ4n) is 2.32. The van der Waals surface area contributed by atoms with Crippen LogP contribution in [-0.4, -0.2) is 17.0 Å². The minimum Gasteiger partial charge on any atom is -0.481 e. The van der Waals surface area contributed by atoms with E-state index in [0.717, 1.165) is 8.66 Å². The molecule has 4 nitrogen and oxygen atoms in total. The third-order valence-electron chi connectivity index (χ3n) is 3.44. The van der Waals surface area contributed by atoms with Gasteiger partial charge in [-0.25, -0.2) is 0 Å². The molecule has 1 aliphatic carbocycles. The molecule has 1 fully saturated rings. The third kappa shape index (κ3) is 2.44. The normalized spacial score (nSPS) is 24.6. The lowest BCUT2D eigenvalue weighted by atomic mass is 10.1. The zero-order chi connectivity index (χ0) is 13.5. The molecule has 0 saturated heterocycles. The van der Waals surface area contributed by atoms with Crippen LogP contribution in [0.3, 0.4) is 0 Å². The molecule has 1 aromatic rings. The number of amides is 1. The smallest absolute Gasteiger partial charge is 0.307 e. The molecule has 18 heavy (non-hydrogen) atoms. The molecule has 0 aliphatic heterocycles. The maximum Gasteiger partial charge on any atom is 0.307 e. The Morgan fingerprint density at radius 3 is 2.56 bits per heavy atom. The van der Waals surface area contributed by atoms with Crippen molar-refractivity contribution < 1.29 is 14.7 Å². The molecule has 1 aromatic heterocycles. The van der Waals surface area contributed by atoms with Crippen molar-refractivity contribution in [3.8, 4) is 0 Å². The van der Waals surface area contributed by atoms with Crippen LogP contribution in [0.15, 0.2) is 15.9 Å². The molecule has 1 saturated carbocycles. The van der Waals surface area contributed by atoms with Crippen molar-refractivity contribution in [1.29, 1.82) is 0 Å². The zero-order valence-electron chi connectivity index (χ0n) is 10.1. The lowest BCUT2D eigenvalue weighted by molar-refractivity contribution is -0.140. The summed E-state index contributed by atoms with van der Waals surface area (Å²) in [5, 5.41) is 11.8. The van der Waals surface area contributed by atoms with E-state index < -0.39 is 23.2 Å². The Kier molecular flexibility index (Phi) is 3.51. The molecule has 1 heterocycles. The van der Waals surface area contributed by atoms with Crippen LogP contribution in [0.4, 0.5) is 0 Å². The standard InChI is InChI=1S/C12H14BrNO3S/c1-12(2)8(9(12)11(16)17)10(15)14-5-6-3-4-7(13)18-6/h3-4,8-9H,5H2,1-2H3,(H,14,15)(H,16,17)/t8-,9+/m1/s1. The molecule has 0 unspecified atom stereocenters. The SMILES string of the molecule is CC1(C)[C@H](C(=O)O)[C@@H]1C(=O)NCc1ccc(Br)s1. The first-order valence-corrected chi connectivity index (χ1v) is 7.19. The van der Waals surface area contributed by atoms with E-state index >= 15 is 0 Å². The summed E-state index contributed by atoms with van der Waals surface area (Å²) in [6.45, 7) is 4.09. The number of carboxylic acids is 1. The number of thiophene rings is 1. The van der Waals surface area contributed by atoms with Gasteiger partial charge < -0.3 is 10.4 Å². The minimum absolute atomic E-state index is 0.170. The van der Waals surface area contributed by atoms with Gasteiger partial charge in [0.05, 0.1) is 22.2 Å². The number of aliphatic carboxylic acids is 1. The Morgan fingerprint density at radius 2 is 2.11 bits per heavy atom. The Bertz CT molecular complexity index is 497. The van der Waals surface area contributed by atoms with Gasteiger partial charge in [-0.3, -0.25) is 9.59 Å². The van der Waals surface area contributed by atoms with E-state index in [2.05, 4.69) is 21.2 Å². The van der Waals surface area contributed by atoms with Gasteiger partial charge in [0.15, 0.2) is 0 Å². The molecule has 0 aromatic carbocycles. The Hall–Kier alpha value is -0.880. The van der Waals surface area contributed by atoms with Gasteiger partial charge in [0.1, 0.15) is 0 Å². The summed E-state index contributed by atoms with van der Waals surface area (Å²) in [4.78, 5) is 24.0. The summed E-state index contributed by atoms with van der Waals surface area (Å²) in [6.07, 6.45) is 0. The summed E-state index contributed by atoms with van der Waals surface area (Å²) >= 11 is 4.91. The van der Waals surface area contributed by atoms with E-state index in [-0.39, 0.29) is 5.91 Å². The van der Waals surface area contributed by atoms with Crippen molar-refractivity contribution in [2.75, 3.05) is 0 Å². The fourth-order valence-corrected chi connectivity index (χ4v) is 3.74. The molecule has 2 rings (SSSR count). The average molecular weight is 332 g/mol. The van der Waals surface area contributed by atoms with Crippen molar-refractivity contribution >= 4 is 39.1 Å². The first-order valence-electron chi connectivity index (χ1n) is 5.58. The van der Waals surface area contributed by atoms with Crippen LogP contribution >= 0.6 is 27.3 Å². The topological polar surface area (TPSA) is 66.4 Å². The summed E-state index contributed by atoms with van der Waals surface area (Å²) in [6, 6.07) is 3.86. The highest BCUT2D eigenvalue weighted by Gasteiger charge is 2.65. The number of halogens is 1. The number of nitrogens with one attached hydrogen (secondary N) is 1. The molecule has 1 aliphatic rings. The predicted octanol–water partition coefficient (Wildman–Crippen LogP) is 2.48. The van der Waals surface area contributed by atoms with Crippen LogP contribution in [0.25, 0.3) is 0 Å². The number of carbonyl (C=O) groups is 2. The first-order chi connectivity index (χ1) is 8.34. The summed E-state index contributed by atoms with van der Waals surface area (Å²) in [5.74, 6) is -2.04. The van der Waals surface area contributed by atoms with Crippen LogP contribution < -0.4 is 5.32 Å². The highest BCUT2D eigenvalue weighted by molar-refractivity contribution is 9.11. The van der Waals surface area contributed by atoms with E-state index in [1.807, 2.05) is 26.0 Å². The number of carboxylic acid groups (broad SMARTS) is 1. The Morgan fingerprint density at radius 1 is 1.44 bits per heavy atom. The van der Waals surface area contributed by atoms with Gasteiger partial charge in [-0.05, 0) is 33.5 Å². The second-order valence-corrected chi connectivity index (χ2v) is 7.59. The molecule has 6 heteroatoms. The van der Waals surface area contributed by atoms with Gasteiger partial charge in [0, 0.05) is 4.88 Å². The van der Waals surface area contributed by atoms with Crippen LogP contribution in [-0.2, 0) is 16.1 Å². The predicted molar refractivity (Wildman–Crippen MR) is 72.3 cm³/mol. The monoisotopic (exact) mass is 331 g/mol. The second kappa shape index (κ2) is 4.66. The highest BCUT2D eigenvalue weighted by Crippen LogP contribution is 2.58. The second-order valence-electron chi connectivity index (χ2n) is 5.04. The van der Waals surface area contributed by atoms with Gasteiger partial charge in [0.2, 0.25) is 5.91 Å². The molecule has 2 atom stereocenters. The molecule has 1 amide bonds. The average Bonchev–Trinajstić information content (AvgIpc) is 2.63. The van der Waals surface area contributed by atoms with E-state index in [0.29, 0.717) is 6.54 Å². The molecular formula is C12H14BrNO3S. The van der Waals surface area contributed by atoms with E-state index in [1.165, 1.54) is 0 Å². The zero-order valence-corrected chi connectivity index (χ0v) is 12.5. The van der Waals surface area contributed by atoms with E-state index in [1.54, 1.807) is 11.3 Å². The van der Waals surface area contributed by atoms with Crippen LogP contribution in [0, 0.1) is 17.3 Å². The van der Waals surface area contributed by atoms with Crippen molar-refractivity contribution in [2.45, 2.75) is 20.4 Å². The summed E-state index contributed by atoms with van der Waals surface area (Å²) in [7, 11) is 0. The van der Waals surface area contributed by atoms with Crippen LogP contribution in [0.5, 0.6) is 0 Å². The molecule has 98 valence electrons. The van der Waals surface area contributed by atoms with Gasteiger partial charge in [0.25, 0.3) is 0 Å². The summed E-state index contributed by atoms with van der Waals surface area (Å²) < 4.78 is 1.02. The van der Waals surface area contributed by atoms with Gasteiger partial charge >= 0.3 is 5.97 Å². The van der Waals surface area contributed by atoms with Gasteiger partial charge in [-0.2, -0.15) is 0 Å². The van der Waals surface area contributed by atoms with Gasteiger partial charge in [-0.1, -0.05) is 13.8 Å². The number of hydrogen-bond acceptors (Lipinski definition) is 3. The van der Waals surface area contributed by atoms with E-state index in [4.69, 9.17) is 5.11 Å². The molecule has 0 radical (unpaired) electrons. The molecular weight excluding hydrogens is 318 g/mol. The molecule has 0 spiro atoms. The van der Waals surface area contributed by atoms with Crippen LogP contribution in [0.2, 0.25) is 0 Å². The van der Waals surface area contributed by atoms with Crippen molar-refractivity contribution in [3.63, 3.8) is 0 Å². The third-order valence-corrected chi connectivity index (χ3v) is 5.07. The fraction of sp³-hybridized carbons (Fsp3) is 0.500. The number of rotatable bonds is 4. The maximum absolute atomic E-state index is 11.9. The van der Waals surface area contributed by atoms with Crippen LogP contribution in [0.1, 0.15) is 18.7 Å². The summed E-state index contributed by atoms with van der Waals surface area (Å²) in [5.41, 5.74) is -0.439. The number of hydrogen-bond donors (Lipinski definition) is 2. The largest absolute Gasteiger partial charge is 0.481 e. The molecule has 0 bridgehead atoms. The van der Waals surface area contributed by atoms with E-state index in [9.17, 15) is 9.59 Å². The van der Waals surface area contributed by atoms with Crippen molar-refractivity contribution in [2.24, 2.45) is 17.3 Å². The Balaban J connectivity index is 1.92. The number of carbonyl (C=O) groups excluding carboxylic acids is 1.